The Kier molecular flexibility index (Phi) is 1.44. The predicted octanol–water partition coefficient (Wildman–Crippen LogP) is -0.250. The van der Waals surface area contributed by atoms with Crippen molar-refractivity contribution >= 4 is 11.5 Å². The third-order valence-electron chi connectivity index (χ3n) is 0.948. The summed E-state index contributed by atoms with van der Waals surface area (Å²) in [6.07, 6.45) is 1.10. The molecule has 6 nitrogen and oxygen atoms in total. The summed E-state index contributed by atoms with van der Waals surface area (Å²) in [5.41, 5.74) is 4.11. The zero-order chi connectivity index (χ0) is 7.56. The number of aromatic nitrogens is 2. The van der Waals surface area contributed by atoms with Crippen molar-refractivity contribution in [1.82, 2.24) is 9.97 Å². The van der Waals surface area contributed by atoms with Crippen LogP contribution in [0.25, 0.3) is 0 Å². The van der Waals surface area contributed by atoms with Crippen LogP contribution < -0.4 is 11.3 Å². The Labute approximate surface area is 55.1 Å². The van der Waals surface area contributed by atoms with Gasteiger partial charge in [0.05, 0.1) is 6.33 Å². The molecule has 0 aliphatic heterocycles. The maximum Gasteiger partial charge on any atom is 0.282 e. The minimum absolute atomic E-state index is 0.154. The van der Waals surface area contributed by atoms with Gasteiger partial charge in [0.2, 0.25) is 5.69 Å². The molecule has 0 saturated carbocycles. The smallest absolute Gasteiger partial charge is 0.282 e. The fourth-order valence-corrected chi connectivity index (χ4v) is 0.494. The first kappa shape index (κ1) is 6.40. The number of nitrogens with two attached hydrogens (primary N) is 1. The Morgan fingerprint density at radius 3 is 2.80 bits per heavy atom. The number of hydrogen-bond acceptors (Lipinski definition) is 5. The van der Waals surface area contributed by atoms with Crippen LogP contribution in [0.2, 0.25) is 0 Å². The standard InChI is InChI=1S/C4H4N4O2/c5-3-2(8-10)4(9)7-1-6-3/h1H,(H3,5,6,7,9). The molecular formula is C4H4N4O2. The first-order valence-electron chi connectivity index (χ1n) is 2.42. The van der Waals surface area contributed by atoms with Crippen LogP contribution in [0.15, 0.2) is 16.3 Å². The summed E-state index contributed by atoms with van der Waals surface area (Å²) in [6.45, 7) is 0. The summed E-state index contributed by atoms with van der Waals surface area (Å²) >= 11 is 0. The zero-order valence-electron chi connectivity index (χ0n) is 4.87. The molecule has 1 rings (SSSR count). The van der Waals surface area contributed by atoms with Gasteiger partial charge in [-0.1, -0.05) is 0 Å². The van der Waals surface area contributed by atoms with Crippen molar-refractivity contribution in [3.63, 3.8) is 0 Å². The van der Waals surface area contributed by atoms with Crippen molar-refractivity contribution in [2.24, 2.45) is 5.18 Å². The summed E-state index contributed by atoms with van der Waals surface area (Å²) in [4.78, 5) is 26.1. The second-order valence-corrected chi connectivity index (χ2v) is 1.56. The summed E-state index contributed by atoms with van der Waals surface area (Å²) in [7, 11) is 0. The molecule has 3 N–H and O–H groups in total. The number of nitrogens with zero attached hydrogens (tertiary/aromatic N) is 2. The molecule has 1 aromatic heterocycles. The van der Waals surface area contributed by atoms with E-state index in [1.165, 1.54) is 0 Å². The van der Waals surface area contributed by atoms with Gasteiger partial charge in [-0.05, 0) is 5.18 Å². The van der Waals surface area contributed by atoms with E-state index >= 15 is 0 Å². The van der Waals surface area contributed by atoms with Gasteiger partial charge >= 0.3 is 0 Å². The van der Waals surface area contributed by atoms with Gasteiger partial charge in [-0.3, -0.25) is 4.79 Å². The molecule has 0 spiro atoms. The third-order valence-corrected chi connectivity index (χ3v) is 0.948. The van der Waals surface area contributed by atoms with E-state index in [0.29, 0.717) is 0 Å². The topological polar surface area (TPSA) is 101 Å². The predicted molar refractivity (Wildman–Crippen MR) is 34.7 cm³/mol. The molecule has 0 saturated heterocycles. The zero-order valence-corrected chi connectivity index (χ0v) is 4.87. The van der Waals surface area contributed by atoms with Gasteiger partial charge in [0, 0.05) is 0 Å². The molecule has 6 heteroatoms. The number of nitroso groups, excluding NO2 is 1. The lowest BCUT2D eigenvalue weighted by molar-refractivity contribution is 1.12. The van der Waals surface area contributed by atoms with E-state index < -0.39 is 5.56 Å². The van der Waals surface area contributed by atoms with Crippen molar-refractivity contribution in [2.45, 2.75) is 0 Å². The second-order valence-electron chi connectivity index (χ2n) is 1.56. The van der Waals surface area contributed by atoms with E-state index in [-0.39, 0.29) is 11.5 Å². The molecule has 52 valence electrons. The van der Waals surface area contributed by atoms with Crippen LogP contribution >= 0.6 is 0 Å². The molecule has 0 amide bonds. The van der Waals surface area contributed by atoms with Crippen molar-refractivity contribution in [3.05, 3.63) is 21.6 Å². The maximum absolute atomic E-state index is 10.6. The molecule has 0 bridgehead atoms. The fourth-order valence-electron chi connectivity index (χ4n) is 0.494. The number of nitrogens with one attached hydrogen (secondary N) is 1. The third kappa shape index (κ3) is 0.859. The summed E-state index contributed by atoms with van der Waals surface area (Å²) in [5.74, 6) is -0.154. The molecule has 10 heavy (non-hydrogen) atoms. The monoisotopic (exact) mass is 140 g/mol. The van der Waals surface area contributed by atoms with E-state index in [4.69, 9.17) is 5.73 Å². The number of H-pyrrole nitrogens is 1. The van der Waals surface area contributed by atoms with Crippen LogP contribution in [-0.4, -0.2) is 9.97 Å². The number of anilines is 1. The maximum atomic E-state index is 10.6. The van der Waals surface area contributed by atoms with Crippen LogP contribution in [0, 0.1) is 4.91 Å². The van der Waals surface area contributed by atoms with Crippen LogP contribution in [0.1, 0.15) is 0 Å². The molecule has 1 heterocycles. The molecule has 0 fully saturated rings. The minimum atomic E-state index is -0.623. The SMILES string of the molecule is Nc1nc[nH]c(=O)c1N=O. The van der Waals surface area contributed by atoms with Gasteiger partial charge in [0.1, 0.15) is 0 Å². The van der Waals surface area contributed by atoms with E-state index in [1.54, 1.807) is 0 Å². The summed E-state index contributed by atoms with van der Waals surface area (Å²) < 4.78 is 0. The summed E-state index contributed by atoms with van der Waals surface area (Å²) in [5, 5.41) is 2.39. The molecule has 1 aromatic rings. The molecule has 0 aliphatic carbocycles. The van der Waals surface area contributed by atoms with Gasteiger partial charge in [0.15, 0.2) is 5.82 Å². The van der Waals surface area contributed by atoms with Crippen molar-refractivity contribution in [3.8, 4) is 0 Å². The normalized spacial score (nSPS) is 9.20. The van der Waals surface area contributed by atoms with Gasteiger partial charge in [0.25, 0.3) is 5.56 Å². The van der Waals surface area contributed by atoms with Crippen LogP contribution in [0.4, 0.5) is 11.5 Å². The first-order valence-corrected chi connectivity index (χ1v) is 2.42. The molecular weight excluding hydrogens is 136 g/mol. The molecule has 0 atom stereocenters. The molecule has 0 aliphatic rings. The van der Waals surface area contributed by atoms with E-state index in [9.17, 15) is 9.70 Å². The van der Waals surface area contributed by atoms with E-state index in [0.717, 1.165) is 6.33 Å². The lowest BCUT2D eigenvalue weighted by Gasteiger charge is -1.89. The highest BCUT2D eigenvalue weighted by atomic mass is 16.3. The van der Waals surface area contributed by atoms with Gasteiger partial charge in [-0.25, -0.2) is 4.98 Å². The van der Waals surface area contributed by atoms with E-state index in [1.807, 2.05) is 0 Å². The lowest BCUT2D eigenvalue weighted by Crippen LogP contribution is -2.08. The average Bonchev–Trinajstić information content (AvgIpc) is 1.88. The molecule has 0 aromatic carbocycles. The highest BCUT2D eigenvalue weighted by Crippen LogP contribution is 2.09. The van der Waals surface area contributed by atoms with Crippen molar-refractivity contribution in [2.75, 3.05) is 5.73 Å². The Morgan fingerprint density at radius 1 is 1.70 bits per heavy atom. The molecule has 0 unspecified atom stereocenters. The Morgan fingerprint density at radius 2 is 2.40 bits per heavy atom. The number of hydrogen-bond donors (Lipinski definition) is 2. The molecule has 0 radical (unpaired) electrons. The fraction of sp³-hybridized carbons (Fsp3) is 0. The number of aromatic amines is 1. The van der Waals surface area contributed by atoms with Crippen LogP contribution in [0.5, 0.6) is 0 Å². The quantitative estimate of drug-likeness (QED) is 0.525. The lowest BCUT2D eigenvalue weighted by atomic mass is 10.5. The van der Waals surface area contributed by atoms with Gasteiger partial charge < -0.3 is 10.7 Å². The Hall–Kier alpha value is -1.72. The summed E-state index contributed by atoms with van der Waals surface area (Å²) in [6, 6.07) is 0. The largest absolute Gasteiger partial charge is 0.382 e. The average molecular weight is 140 g/mol. The Balaban J connectivity index is 3.45. The second kappa shape index (κ2) is 2.26. The van der Waals surface area contributed by atoms with E-state index in [2.05, 4.69) is 15.1 Å². The van der Waals surface area contributed by atoms with Crippen LogP contribution in [-0.2, 0) is 0 Å². The highest BCUT2D eigenvalue weighted by molar-refractivity contribution is 5.54. The first-order chi connectivity index (χ1) is 4.75. The van der Waals surface area contributed by atoms with Crippen LogP contribution in [0.3, 0.4) is 0 Å². The minimum Gasteiger partial charge on any atom is -0.382 e. The van der Waals surface area contributed by atoms with Gasteiger partial charge in [-0.15, -0.1) is 4.91 Å². The van der Waals surface area contributed by atoms with Gasteiger partial charge in [-0.2, -0.15) is 0 Å². The number of nitrogen functional groups attached to an aromatic ring is 1. The number of rotatable bonds is 1. The Bertz CT molecular complexity index is 304. The van der Waals surface area contributed by atoms with Crippen molar-refractivity contribution in [1.29, 1.82) is 0 Å². The highest BCUT2D eigenvalue weighted by Gasteiger charge is 2.03. The van der Waals surface area contributed by atoms with Crippen molar-refractivity contribution < 1.29 is 0 Å².